The van der Waals surface area contributed by atoms with E-state index >= 15 is 0 Å². The first-order valence-corrected chi connectivity index (χ1v) is 7.01. The van der Waals surface area contributed by atoms with Crippen LogP contribution in [0.3, 0.4) is 0 Å². The summed E-state index contributed by atoms with van der Waals surface area (Å²) in [5, 5.41) is 1.24. The van der Waals surface area contributed by atoms with Gasteiger partial charge in [0.1, 0.15) is 0 Å². The summed E-state index contributed by atoms with van der Waals surface area (Å²) in [4.78, 5) is 10.2. The number of hydrogen-bond donors (Lipinski definition) is 0. The standard InChI is InChI=1S/C12H16OSe/c1-11(6-5-9-13)10-14-12-7-3-2-4-8-12/h2-4,7-9,11H,5-6,10H2,1H3. The number of carbonyl (C=O) groups excluding carboxylic acids is 1. The molecule has 0 aromatic heterocycles. The molecule has 0 bridgehead atoms. The Bertz CT molecular complexity index is 258. The molecule has 0 aliphatic rings. The van der Waals surface area contributed by atoms with E-state index in [1.54, 1.807) is 0 Å². The van der Waals surface area contributed by atoms with Crippen molar-refractivity contribution in [2.75, 3.05) is 0 Å². The van der Waals surface area contributed by atoms with E-state index in [9.17, 15) is 4.79 Å². The van der Waals surface area contributed by atoms with E-state index < -0.39 is 0 Å². The van der Waals surface area contributed by atoms with Crippen LogP contribution in [-0.2, 0) is 4.79 Å². The van der Waals surface area contributed by atoms with Gasteiger partial charge in [-0.15, -0.1) is 0 Å². The van der Waals surface area contributed by atoms with Gasteiger partial charge in [0.15, 0.2) is 0 Å². The van der Waals surface area contributed by atoms with Gasteiger partial charge in [0.05, 0.1) is 0 Å². The topological polar surface area (TPSA) is 17.1 Å². The fourth-order valence-electron chi connectivity index (χ4n) is 1.19. The number of benzene rings is 1. The van der Waals surface area contributed by atoms with E-state index in [2.05, 4.69) is 37.3 Å². The first kappa shape index (κ1) is 11.5. The number of rotatable bonds is 6. The van der Waals surface area contributed by atoms with Gasteiger partial charge in [0.25, 0.3) is 0 Å². The fraction of sp³-hybridized carbons (Fsp3) is 0.417. The van der Waals surface area contributed by atoms with Crippen LogP contribution in [0.15, 0.2) is 30.3 Å². The molecule has 1 nitrogen and oxygen atoms in total. The van der Waals surface area contributed by atoms with E-state index in [1.807, 2.05) is 0 Å². The number of aldehydes is 1. The second-order valence-corrected chi connectivity index (χ2v) is 5.77. The molecule has 1 atom stereocenters. The zero-order valence-electron chi connectivity index (χ0n) is 8.48. The van der Waals surface area contributed by atoms with Gasteiger partial charge >= 0.3 is 91.8 Å². The molecule has 1 rings (SSSR count). The van der Waals surface area contributed by atoms with Gasteiger partial charge in [-0.1, -0.05) is 0 Å². The maximum atomic E-state index is 10.2. The predicted octanol–water partition coefficient (Wildman–Crippen LogP) is 2.05. The Morgan fingerprint density at radius 2 is 2.07 bits per heavy atom. The molecule has 0 N–H and O–H groups in total. The zero-order valence-corrected chi connectivity index (χ0v) is 10.2. The molecule has 14 heavy (non-hydrogen) atoms. The van der Waals surface area contributed by atoms with Crippen molar-refractivity contribution in [3.63, 3.8) is 0 Å². The molecule has 2 heteroatoms. The summed E-state index contributed by atoms with van der Waals surface area (Å²) in [5.41, 5.74) is 0. The fourth-order valence-corrected chi connectivity index (χ4v) is 3.27. The van der Waals surface area contributed by atoms with E-state index in [-0.39, 0.29) is 0 Å². The summed E-state index contributed by atoms with van der Waals surface area (Å²) < 4.78 is 1.46. The van der Waals surface area contributed by atoms with Crippen molar-refractivity contribution in [3.8, 4) is 0 Å². The molecular weight excluding hydrogens is 239 g/mol. The number of carbonyl (C=O) groups is 1. The normalized spacial score (nSPS) is 12.4. The Balaban J connectivity index is 2.23. The zero-order chi connectivity index (χ0) is 10.2. The molecule has 0 aliphatic carbocycles. The average molecular weight is 255 g/mol. The summed E-state index contributed by atoms with van der Waals surface area (Å²) in [6, 6.07) is 10.6. The van der Waals surface area contributed by atoms with E-state index in [0.29, 0.717) is 27.3 Å². The Kier molecular flexibility index (Phi) is 5.58. The summed E-state index contributed by atoms with van der Waals surface area (Å²) in [7, 11) is 0. The van der Waals surface area contributed by atoms with E-state index in [0.717, 1.165) is 12.7 Å². The monoisotopic (exact) mass is 256 g/mol. The van der Waals surface area contributed by atoms with Crippen molar-refractivity contribution in [3.05, 3.63) is 30.3 Å². The average Bonchev–Trinajstić information content (AvgIpc) is 2.25. The summed E-state index contributed by atoms with van der Waals surface area (Å²) in [5.74, 6) is 0.681. The molecule has 76 valence electrons. The quantitative estimate of drug-likeness (QED) is 0.561. The molecule has 1 aromatic carbocycles. The third-order valence-electron chi connectivity index (χ3n) is 2.06. The summed E-state index contributed by atoms with van der Waals surface area (Å²) in [6.07, 6.45) is 2.77. The first-order valence-electron chi connectivity index (χ1n) is 4.94. The molecule has 1 unspecified atom stereocenters. The third kappa shape index (κ3) is 4.59. The second-order valence-electron chi connectivity index (χ2n) is 3.47. The molecule has 0 spiro atoms. The first-order chi connectivity index (χ1) is 6.83. The van der Waals surface area contributed by atoms with Crippen molar-refractivity contribution in [1.29, 1.82) is 0 Å². The molecule has 1 aromatic rings. The van der Waals surface area contributed by atoms with Crippen LogP contribution in [0.2, 0.25) is 5.32 Å². The van der Waals surface area contributed by atoms with Crippen LogP contribution in [0.1, 0.15) is 19.8 Å². The molecule has 0 radical (unpaired) electrons. The van der Waals surface area contributed by atoms with Gasteiger partial charge in [-0.25, -0.2) is 0 Å². The van der Waals surface area contributed by atoms with Crippen molar-refractivity contribution in [1.82, 2.24) is 0 Å². The van der Waals surface area contributed by atoms with Crippen LogP contribution in [0.25, 0.3) is 0 Å². The van der Waals surface area contributed by atoms with Crippen LogP contribution in [0.4, 0.5) is 0 Å². The Hall–Kier alpha value is -0.591. The van der Waals surface area contributed by atoms with E-state index in [1.165, 1.54) is 9.78 Å². The minimum atomic E-state index is 0.573. The van der Waals surface area contributed by atoms with Crippen molar-refractivity contribution in [2.24, 2.45) is 5.92 Å². The van der Waals surface area contributed by atoms with Gasteiger partial charge in [-0.2, -0.15) is 0 Å². The van der Waals surface area contributed by atoms with Crippen LogP contribution in [0, 0.1) is 5.92 Å². The van der Waals surface area contributed by atoms with Crippen LogP contribution in [-0.4, -0.2) is 21.2 Å². The van der Waals surface area contributed by atoms with Gasteiger partial charge in [0.2, 0.25) is 0 Å². The Morgan fingerprint density at radius 1 is 1.36 bits per heavy atom. The van der Waals surface area contributed by atoms with Crippen LogP contribution < -0.4 is 4.46 Å². The minimum absolute atomic E-state index is 0.573. The number of hydrogen-bond acceptors (Lipinski definition) is 1. The molecule has 0 aliphatic heterocycles. The predicted molar refractivity (Wildman–Crippen MR) is 61.1 cm³/mol. The van der Waals surface area contributed by atoms with Crippen molar-refractivity contribution < 1.29 is 4.79 Å². The van der Waals surface area contributed by atoms with Gasteiger partial charge in [0, 0.05) is 0 Å². The Morgan fingerprint density at radius 3 is 2.71 bits per heavy atom. The van der Waals surface area contributed by atoms with Crippen molar-refractivity contribution >= 4 is 25.7 Å². The Labute approximate surface area is 92.1 Å². The molecule has 0 saturated heterocycles. The van der Waals surface area contributed by atoms with Crippen molar-refractivity contribution in [2.45, 2.75) is 25.1 Å². The molecule has 0 heterocycles. The van der Waals surface area contributed by atoms with Crippen LogP contribution >= 0.6 is 0 Å². The molecule has 0 amide bonds. The summed E-state index contributed by atoms with van der Waals surface area (Å²) >= 11 is 0.573. The molecule has 0 saturated carbocycles. The van der Waals surface area contributed by atoms with Gasteiger partial charge in [-0.05, 0) is 0 Å². The maximum absolute atomic E-state index is 10.2. The molecular formula is C12H16OSe. The SMILES string of the molecule is CC(CCC=O)C[Se]c1ccccc1. The van der Waals surface area contributed by atoms with Gasteiger partial charge in [-0.3, -0.25) is 0 Å². The van der Waals surface area contributed by atoms with Crippen LogP contribution in [0.5, 0.6) is 0 Å². The second kappa shape index (κ2) is 6.80. The van der Waals surface area contributed by atoms with E-state index in [4.69, 9.17) is 0 Å². The summed E-state index contributed by atoms with van der Waals surface area (Å²) in [6.45, 7) is 2.23. The van der Waals surface area contributed by atoms with Gasteiger partial charge < -0.3 is 0 Å². The third-order valence-corrected chi connectivity index (χ3v) is 4.87. The molecule has 0 fully saturated rings.